The van der Waals surface area contributed by atoms with Crippen molar-refractivity contribution in [2.24, 2.45) is 0 Å². The molecule has 0 unspecified atom stereocenters. The topological polar surface area (TPSA) is 26.3 Å². The van der Waals surface area contributed by atoms with E-state index in [9.17, 15) is 0 Å². The average molecular weight is 685 g/mol. The van der Waals surface area contributed by atoms with E-state index in [1.807, 2.05) is 0 Å². The molecule has 2 nitrogen and oxygen atoms in total. The SMILES string of the molecule is c1ccc(-c2cccc(-c3cc4c5c(c3)oc3ccc6cc(-c7ccc8c9ccccc9c9ccccc9c8c7)c7oc8cccc-4c8c7c6c35)c2)cc1. The standard InChI is InChI=1S/C52H28O2/c1-2-10-29(11-3-1)30-12-8-13-31(24-30)34-27-43-40-18-9-19-44-48(40)51-47-33(21-23-45-50(47)49(43)46(28-34)53-45)26-41(52(51)54-44)32-20-22-39-37-16-5-4-14-35(37)36-15-6-7-17-38(36)42(39)25-32/h1-28H. The quantitative estimate of drug-likeness (QED) is 0.173. The second-order valence-corrected chi connectivity index (χ2v) is 14.7. The minimum atomic E-state index is 0.897. The Morgan fingerprint density at radius 3 is 1.70 bits per heavy atom. The first-order chi connectivity index (χ1) is 26.8. The largest absolute Gasteiger partial charge is 0.456 e. The number of fused-ring (bicyclic) bond motifs is 7. The van der Waals surface area contributed by atoms with E-state index >= 15 is 0 Å². The molecular weight excluding hydrogens is 657 g/mol. The molecule has 13 rings (SSSR count). The Morgan fingerprint density at radius 2 is 0.907 bits per heavy atom. The van der Waals surface area contributed by atoms with Gasteiger partial charge >= 0.3 is 0 Å². The van der Waals surface area contributed by atoms with Crippen LogP contribution in [0.4, 0.5) is 0 Å². The summed E-state index contributed by atoms with van der Waals surface area (Å²) < 4.78 is 13.8. The minimum absolute atomic E-state index is 0.897. The van der Waals surface area contributed by atoms with Crippen molar-refractivity contribution in [2.45, 2.75) is 0 Å². The molecule has 0 amide bonds. The number of hydrogen-bond acceptors (Lipinski definition) is 2. The van der Waals surface area contributed by atoms with Gasteiger partial charge in [0.1, 0.15) is 22.3 Å². The molecule has 0 fully saturated rings. The Hall–Kier alpha value is -7.16. The Balaban J connectivity index is 1.11. The van der Waals surface area contributed by atoms with Crippen LogP contribution in [0.1, 0.15) is 0 Å². The van der Waals surface area contributed by atoms with E-state index in [0.717, 1.165) is 60.7 Å². The van der Waals surface area contributed by atoms with Gasteiger partial charge in [-0.3, -0.25) is 0 Å². The fourth-order valence-electron chi connectivity index (χ4n) is 9.59. The summed E-state index contributed by atoms with van der Waals surface area (Å²) >= 11 is 0. The highest BCUT2D eigenvalue weighted by Gasteiger charge is 2.27. The number of hydrogen-bond donors (Lipinski definition) is 0. The summed E-state index contributed by atoms with van der Waals surface area (Å²) in [4.78, 5) is 0. The van der Waals surface area contributed by atoms with Gasteiger partial charge in [-0.2, -0.15) is 0 Å². The van der Waals surface area contributed by atoms with Gasteiger partial charge in [-0.05, 0) is 119 Å². The van der Waals surface area contributed by atoms with Crippen molar-refractivity contribution in [3.8, 4) is 44.5 Å². The molecule has 54 heavy (non-hydrogen) atoms. The molecule has 10 aromatic carbocycles. The highest BCUT2D eigenvalue weighted by atomic mass is 16.3. The van der Waals surface area contributed by atoms with Gasteiger partial charge in [0, 0.05) is 32.5 Å². The fraction of sp³-hybridized carbons (Fsp3) is 0. The first kappa shape index (κ1) is 28.4. The smallest absolute Gasteiger partial charge is 0.143 e. The van der Waals surface area contributed by atoms with Crippen molar-refractivity contribution >= 4 is 87.0 Å². The van der Waals surface area contributed by atoms with Crippen LogP contribution in [-0.4, -0.2) is 0 Å². The van der Waals surface area contributed by atoms with Gasteiger partial charge in [0.2, 0.25) is 0 Å². The van der Waals surface area contributed by atoms with Gasteiger partial charge in [0.15, 0.2) is 0 Å². The van der Waals surface area contributed by atoms with Crippen LogP contribution < -0.4 is 0 Å². The van der Waals surface area contributed by atoms with Crippen LogP contribution in [0, 0.1) is 0 Å². The third-order valence-corrected chi connectivity index (χ3v) is 11.9. The lowest BCUT2D eigenvalue weighted by atomic mass is 9.90. The molecule has 0 radical (unpaired) electrons. The number of benzene rings is 10. The molecule has 12 aromatic rings. The van der Waals surface area contributed by atoms with E-state index < -0.39 is 0 Å². The molecule has 0 N–H and O–H groups in total. The Morgan fingerprint density at radius 1 is 0.259 bits per heavy atom. The third kappa shape index (κ3) is 3.69. The van der Waals surface area contributed by atoms with Crippen LogP contribution in [0.5, 0.6) is 0 Å². The second-order valence-electron chi connectivity index (χ2n) is 14.7. The summed E-state index contributed by atoms with van der Waals surface area (Å²) in [5.41, 5.74) is 12.9. The van der Waals surface area contributed by atoms with Crippen LogP contribution in [0.15, 0.2) is 179 Å². The van der Waals surface area contributed by atoms with E-state index in [0.29, 0.717) is 0 Å². The van der Waals surface area contributed by atoms with Gasteiger partial charge in [0.05, 0.1) is 0 Å². The maximum absolute atomic E-state index is 7.00. The Bertz CT molecular complexity index is 3560. The zero-order valence-electron chi connectivity index (χ0n) is 29.0. The maximum atomic E-state index is 7.00. The highest BCUT2D eigenvalue weighted by Crippen LogP contribution is 2.53. The minimum Gasteiger partial charge on any atom is -0.456 e. The van der Waals surface area contributed by atoms with Crippen LogP contribution >= 0.6 is 0 Å². The molecule has 2 aromatic heterocycles. The van der Waals surface area contributed by atoms with Gasteiger partial charge in [0.25, 0.3) is 0 Å². The van der Waals surface area contributed by atoms with E-state index in [2.05, 4.69) is 170 Å². The lowest BCUT2D eigenvalue weighted by molar-refractivity contribution is 0.669. The van der Waals surface area contributed by atoms with Gasteiger partial charge in [-0.25, -0.2) is 0 Å². The molecule has 1 aliphatic carbocycles. The molecule has 1 aliphatic rings. The molecular formula is C52H28O2. The number of rotatable bonds is 3. The molecule has 0 saturated heterocycles. The summed E-state index contributed by atoms with van der Waals surface area (Å²) in [7, 11) is 0. The second kappa shape index (κ2) is 10.2. The van der Waals surface area contributed by atoms with Crippen molar-refractivity contribution in [1.29, 1.82) is 0 Å². The summed E-state index contributed by atoms with van der Waals surface area (Å²) in [5.74, 6) is 0. The van der Waals surface area contributed by atoms with Crippen molar-refractivity contribution < 1.29 is 8.83 Å². The predicted molar refractivity (Wildman–Crippen MR) is 226 cm³/mol. The molecule has 2 heteroatoms. The summed E-state index contributed by atoms with van der Waals surface area (Å²) in [6.07, 6.45) is 0. The fourth-order valence-corrected chi connectivity index (χ4v) is 9.59. The van der Waals surface area contributed by atoms with Crippen LogP contribution in [0.3, 0.4) is 0 Å². The first-order valence-corrected chi connectivity index (χ1v) is 18.6. The number of furan rings is 2. The first-order valence-electron chi connectivity index (χ1n) is 18.6. The van der Waals surface area contributed by atoms with Gasteiger partial charge in [-0.1, -0.05) is 127 Å². The lowest BCUT2D eigenvalue weighted by Gasteiger charge is -2.13. The van der Waals surface area contributed by atoms with Crippen LogP contribution in [0.2, 0.25) is 0 Å². The molecule has 0 saturated carbocycles. The van der Waals surface area contributed by atoms with Crippen LogP contribution in [0.25, 0.3) is 131 Å². The zero-order chi connectivity index (χ0) is 35.1. The summed E-state index contributed by atoms with van der Waals surface area (Å²) in [5, 5.41) is 14.6. The maximum Gasteiger partial charge on any atom is 0.143 e. The average Bonchev–Trinajstić information content (AvgIpc) is 3.79. The van der Waals surface area contributed by atoms with Gasteiger partial charge < -0.3 is 8.83 Å². The summed E-state index contributed by atoms with van der Waals surface area (Å²) in [6, 6.07) is 61.7. The van der Waals surface area contributed by atoms with Crippen molar-refractivity contribution in [3.63, 3.8) is 0 Å². The Kier molecular flexibility index (Phi) is 5.39. The molecule has 0 atom stereocenters. The summed E-state index contributed by atoms with van der Waals surface area (Å²) in [6.45, 7) is 0. The molecule has 248 valence electrons. The van der Waals surface area contributed by atoms with Crippen molar-refractivity contribution in [3.05, 3.63) is 170 Å². The van der Waals surface area contributed by atoms with Crippen molar-refractivity contribution in [1.82, 2.24) is 0 Å². The lowest BCUT2D eigenvalue weighted by Crippen LogP contribution is -1.86. The van der Waals surface area contributed by atoms with Crippen molar-refractivity contribution in [2.75, 3.05) is 0 Å². The van der Waals surface area contributed by atoms with E-state index in [-0.39, 0.29) is 0 Å². The predicted octanol–water partition coefficient (Wildman–Crippen LogP) is 15.1. The Labute approximate surface area is 309 Å². The van der Waals surface area contributed by atoms with Gasteiger partial charge in [-0.15, -0.1) is 0 Å². The molecule has 0 aliphatic heterocycles. The molecule has 0 spiro atoms. The van der Waals surface area contributed by atoms with E-state index in [1.54, 1.807) is 0 Å². The monoisotopic (exact) mass is 684 g/mol. The normalized spacial score (nSPS) is 12.4. The molecule has 2 heterocycles. The zero-order valence-corrected chi connectivity index (χ0v) is 29.0. The van der Waals surface area contributed by atoms with E-state index in [1.165, 1.54) is 70.7 Å². The van der Waals surface area contributed by atoms with E-state index in [4.69, 9.17) is 8.83 Å². The van der Waals surface area contributed by atoms with Crippen LogP contribution in [-0.2, 0) is 0 Å². The third-order valence-electron chi connectivity index (χ3n) is 11.9. The molecule has 0 bridgehead atoms. The highest BCUT2D eigenvalue weighted by molar-refractivity contribution is 6.38.